The highest BCUT2D eigenvalue weighted by atomic mass is 32.2. The molecule has 1 atom stereocenters. The molecule has 2 aliphatic heterocycles. The number of carbonyl (C=O) groups excluding carboxylic acids is 1. The van der Waals surface area contributed by atoms with Gasteiger partial charge in [0.1, 0.15) is 5.82 Å². The number of sulfone groups is 1. The van der Waals surface area contributed by atoms with Crippen molar-refractivity contribution in [1.82, 2.24) is 24.2 Å². The van der Waals surface area contributed by atoms with Crippen LogP contribution in [0, 0.1) is 0 Å². The van der Waals surface area contributed by atoms with E-state index in [4.69, 9.17) is 4.98 Å². The number of piperidine rings is 1. The average Bonchev–Trinajstić information content (AvgIpc) is 3.33. The number of aromatic nitrogens is 4. The zero-order valence-electron chi connectivity index (χ0n) is 18.9. The van der Waals surface area contributed by atoms with E-state index in [2.05, 4.69) is 22.8 Å². The molecule has 3 aromatic rings. The molecule has 0 N–H and O–H groups in total. The Kier molecular flexibility index (Phi) is 4.87. The fourth-order valence-corrected chi connectivity index (χ4v) is 7.18. The molecule has 0 radical (unpaired) electrons. The molecule has 2 saturated heterocycles. The molecule has 6 rings (SSSR count). The highest BCUT2D eigenvalue weighted by Crippen LogP contribution is 2.42. The molecule has 1 aromatic carbocycles. The number of hydrogen-bond acceptors (Lipinski definition) is 5. The fraction of sp³-hybridized carbons (Fsp3) is 0.542. The van der Waals surface area contributed by atoms with E-state index in [0.29, 0.717) is 37.0 Å². The maximum atomic E-state index is 13.3. The Bertz CT molecular complexity index is 1330. The molecule has 9 heteroatoms. The van der Waals surface area contributed by atoms with Crippen LogP contribution in [0.2, 0.25) is 0 Å². The summed E-state index contributed by atoms with van der Waals surface area (Å²) < 4.78 is 28.0. The average molecular weight is 468 g/mol. The van der Waals surface area contributed by atoms with Crippen molar-refractivity contribution in [2.24, 2.45) is 7.05 Å². The lowest BCUT2D eigenvalue weighted by molar-refractivity contribution is 0.0703. The molecule has 1 saturated carbocycles. The lowest BCUT2D eigenvalue weighted by atomic mass is 9.95. The Morgan fingerprint density at radius 2 is 1.79 bits per heavy atom. The van der Waals surface area contributed by atoms with Gasteiger partial charge in [0, 0.05) is 37.7 Å². The number of para-hydroxylation sites is 2. The van der Waals surface area contributed by atoms with E-state index in [1.165, 1.54) is 0 Å². The number of fused-ring (bicyclic) bond motifs is 1. The van der Waals surface area contributed by atoms with Crippen molar-refractivity contribution >= 4 is 26.8 Å². The summed E-state index contributed by atoms with van der Waals surface area (Å²) in [6, 6.07) is 9.95. The Morgan fingerprint density at radius 1 is 1.03 bits per heavy atom. The summed E-state index contributed by atoms with van der Waals surface area (Å²) in [5.74, 6) is 2.12. The zero-order valence-corrected chi connectivity index (χ0v) is 19.7. The van der Waals surface area contributed by atoms with Gasteiger partial charge in [-0.1, -0.05) is 12.1 Å². The molecule has 0 spiro atoms. The summed E-state index contributed by atoms with van der Waals surface area (Å²) in [7, 11) is -0.940. The maximum Gasteiger partial charge on any atom is 0.274 e. The minimum absolute atomic E-state index is 0.0417. The monoisotopic (exact) mass is 467 g/mol. The van der Waals surface area contributed by atoms with E-state index in [0.717, 1.165) is 48.2 Å². The molecule has 1 unspecified atom stereocenters. The summed E-state index contributed by atoms with van der Waals surface area (Å²) in [5, 5.41) is 4.66. The second-order valence-electron chi connectivity index (χ2n) is 9.81. The predicted molar refractivity (Wildman–Crippen MR) is 125 cm³/mol. The fourth-order valence-electron chi connectivity index (χ4n) is 5.49. The van der Waals surface area contributed by atoms with Crippen molar-refractivity contribution in [2.45, 2.75) is 50.0 Å². The topological polar surface area (TPSA) is 90.1 Å². The third kappa shape index (κ3) is 3.76. The lowest BCUT2D eigenvalue weighted by Gasteiger charge is -2.31. The van der Waals surface area contributed by atoms with E-state index in [-0.39, 0.29) is 23.5 Å². The van der Waals surface area contributed by atoms with Crippen molar-refractivity contribution in [3.05, 3.63) is 47.5 Å². The van der Waals surface area contributed by atoms with Gasteiger partial charge in [-0.15, -0.1) is 0 Å². The minimum atomic E-state index is -3.01. The van der Waals surface area contributed by atoms with Gasteiger partial charge in [0.05, 0.1) is 28.6 Å². The van der Waals surface area contributed by atoms with E-state index in [9.17, 15) is 13.2 Å². The Balaban J connectivity index is 1.18. The summed E-state index contributed by atoms with van der Waals surface area (Å²) >= 11 is 0. The highest BCUT2D eigenvalue weighted by molar-refractivity contribution is 7.91. The van der Waals surface area contributed by atoms with Gasteiger partial charge in [-0.2, -0.15) is 5.10 Å². The third-order valence-electron chi connectivity index (χ3n) is 7.50. The van der Waals surface area contributed by atoms with Crippen molar-refractivity contribution in [3.63, 3.8) is 0 Å². The maximum absolute atomic E-state index is 13.3. The SMILES string of the molecule is Cn1c(C2CCN(C(=O)c3cc(C4CC4)n(C4CCS(=O)(=O)C4)n3)CC2)nc2ccccc21. The van der Waals surface area contributed by atoms with Gasteiger partial charge in [-0.25, -0.2) is 13.4 Å². The smallest absolute Gasteiger partial charge is 0.274 e. The van der Waals surface area contributed by atoms with Crippen molar-refractivity contribution in [1.29, 1.82) is 0 Å². The minimum Gasteiger partial charge on any atom is -0.337 e. The Hall–Kier alpha value is -2.68. The normalized spacial score (nSPS) is 23.4. The number of aryl methyl sites for hydroxylation is 1. The van der Waals surface area contributed by atoms with Gasteiger partial charge in [0.2, 0.25) is 0 Å². The molecule has 3 fully saturated rings. The number of benzene rings is 1. The summed E-state index contributed by atoms with van der Waals surface area (Å²) in [6.07, 6.45) is 4.51. The second-order valence-corrected chi connectivity index (χ2v) is 12.0. The van der Waals surface area contributed by atoms with E-state index in [1.54, 1.807) is 0 Å². The molecule has 33 heavy (non-hydrogen) atoms. The number of imidazole rings is 1. The predicted octanol–water partition coefficient (Wildman–Crippen LogP) is 3.03. The quantitative estimate of drug-likeness (QED) is 0.588. The molecule has 2 aromatic heterocycles. The van der Waals surface area contributed by atoms with Crippen LogP contribution >= 0.6 is 0 Å². The van der Waals surface area contributed by atoms with Crippen molar-refractivity contribution in [3.8, 4) is 0 Å². The van der Waals surface area contributed by atoms with Gasteiger partial charge in [-0.05, 0) is 50.3 Å². The molecule has 174 valence electrons. The standard InChI is InChI=1S/C24H29N5O3S/c1-27-21-5-3-2-4-19(21)25-23(27)17-8-11-28(12-9-17)24(30)20-14-22(16-6-7-16)29(26-20)18-10-13-33(31,32)15-18/h2-5,14,16-18H,6-13,15H2,1H3. The van der Waals surface area contributed by atoms with Crippen molar-refractivity contribution in [2.75, 3.05) is 24.6 Å². The lowest BCUT2D eigenvalue weighted by Crippen LogP contribution is -2.38. The van der Waals surface area contributed by atoms with Gasteiger partial charge in [0.15, 0.2) is 15.5 Å². The molecular weight excluding hydrogens is 438 g/mol. The second kappa shape index (κ2) is 7.68. The molecule has 4 heterocycles. The van der Waals surface area contributed by atoms with Crippen LogP contribution in [-0.4, -0.2) is 63.2 Å². The molecule has 8 nitrogen and oxygen atoms in total. The van der Waals surface area contributed by atoms with Crippen LogP contribution in [0.5, 0.6) is 0 Å². The number of nitrogens with zero attached hydrogens (tertiary/aromatic N) is 5. The van der Waals surface area contributed by atoms with Crippen LogP contribution in [0.4, 0.5) is 0 Å². The Labute approximate surface area is 193 Å². The van der Waals surface area contributed by atoms with E-state index >= 15 is 0 Å². The molecular formula is C24H29N5O3S. The first kappa shape index (κ1) is 20.9. The van der Waals surface area contributed by atoms with Gasteiger partial charge in [0.25, 0.3) is 5.91 Å². The van der Waals surface area contributed by atoms with Crippen LogP contribution in [0.25, 0.3) is 11.0 Å². The first-order valence-electron chi connectivity index (χ1n) is 11.9. The number of likely N-dealkylation sites (tertiary alicyclic amines) is 1. The zero-order chi connectivity index (χ0) is 22.7. The number of rotatable bonds is 4. The number of amides is 1. The summed E-state index contributed by atoms with van der Waals surface area (Å²) in [5.41, 5.74) is 3.65. The molecule has 1 aliphatic carbocycles. The molecule has 0 bridgehead atoms. The Morgan fingerprint density at radius 3 is 2.45 bits per heavy atom. The van der Waals surface area contributed by atoms with Crippen LogP contribution in [0.1, 0.15) is 72.0 Å². The highest BCUT2D eigenvalue weighted by Gasteiger charge is 2.37. The molecule has 1 amide bonds. The first-order valence-corrected chi connectivity index (χ1v) is 13.7. The van der Waals surface area contributed by atoms with E-state index in [1.807, 2.05) is 33.8 Å². The summed E-state index contributed by atoms with van der Waals surface area (Å²) in [6.45, 7) is 1.35. The third-order valence-corrected chi connectivity index (χ3v) is 9.25. The number of hydrogen-bond donors (Lipinski definition) is 0. The van der Waals surface area contributed by atoms with Crippen LogP contribution in [-0.2, 0) is 16.9 Å². The van der Waals surface area contributed by atoms with Gasteiger partial charge in [-0.3, -0.25) is 9.48 Å². The molecule has 3 aliphatic rings. The van der Waals surface area contributed by atoms with E-state index < -0.39 is 9.84 Å². The van der Waals surface area contributed by atoms with Crippen LogP contribution in [0.15, 0.2) is 30.3 Å². The van der Waals surface area contributed by atoms with Crippen LogP contribution in [0.3, 0.4) is 0 Å². The first-order chi connectivity index (χ1) is 15.9. The van der Waals surface area contributed by atoms with Gasteiger partial charge >= 0.3 is 0 Å². The van der Waals surface area contributed by atoms with Crippen molar-refractivity contribution < 1.29 is 13.2 Å². The van der Waals surface area contributed by atoms with Crippen LogP contribution < -0.4 is 0 Å². The largest absolute Gasteiger partial charge is 0.337 e. The number of carbonyl (C=O) groups is 1. The van der Waals surface area contributed by atoms with Gasteiger partial charge < -0.3 is 9.47 Å². The summed E-state index contributed by atoms with van der Waals surface area (Å²) in [4.78, 5) is 20.1.